The summed E-state index contributed by atoms with van der Waals surface area (Å²) in [5, 5.41) is 9.72. The summed E-state index contributed by atoms with van der Waals surface area (Å²) in [4.78, 5) is 13.3. The zero-order valence-electron chi connectivity index (χ0n) is 22.8. The molecule has 1 aromatic heterocycles. The zero-order valence-corrected chi connectivity index (χ0v) is 24.3. The van der Waals surface area contributed by atoms with Crippen LogP contribution in [0.2, 0.25) is 5.02 Å². The molecule has 0 fully saturated rings. The van der Waals surface area contributed by atoms with Crippen LogP contribution in [0.15, 0.2) is 79.0 Å². The van der Waals surface area contributed by atoms with E-state index >= 15 is 0 Å². The van der Waals surface area contributed by atoms with E-state index in [1.54, 1.807) is 16.8 Å². The van der Waals surface area contributed by atoms with Crippen LogP contribution < -0.4 is 4.74 Å². The van der Waals surface area contributed by atoms with Crippen molar-refractivity contribution in [3.05, 3.63) is 101 Å². The summed E-state index contributed by atoms with van der Waals surface area (Å²) >= 11 is 6.24. The standard InChI is InChI=1S/C31H32ClF3N2O3.ClH/c1-21(23-8-4-3-5-9-23)18-36(19-24-10-6-11-26(30(24)32)31(33,34)35)16-14-22(2)40-28-13-7-12-27-25(28)15-17-37(27)20-29(38)39;/h3-13,15,17,21-22H,14,16,18-20H2,1-2H3,(H,38,39);1H. The molecule has 0 aliphatic rings. The predicted molar refractivity (Wildman–Crippen MR) is 158 cm³/mol. The quantitative estimate of drug-likeness (QED) is 0.176. The third-order valence-corrected chi connectivity index (χ3v) is 7.38. The number of carbonyl (C=O) groups is 1. The molecule has 0 bridgehead atoms. The number of aliphatic carboxylic acids is 1. The molecule has 2 unspecified atom stereocenters. The Morgan fingerprint density at radius 1 is 1.02 bits per heavy atom. The number of nitrogens with zero attached hydrogens (tertiary/aromatic N) is 2. The summed E-state index contributed by atoms with van der Waals surface area (Å²) in [6, 6.07) is 21.4. The second-order valence-corrected chi connectivity index (χ2v) is 10.4. The number of carboxylic acid groups (broad SMARTS) is 1. The van der Waals surface area contributed by atoms with Crippen molar-refractivity contribution in [2.75, 3.05) is 13.1 Å². The Morgan fingerprint density at radius 3 is 2.41 bits per heavy atom. The molecular formula is C31H33Cl2F3N2O3. The summed E-state index contributed by atoms with van der Waals surface area (Å²) < 4.78 is 48.4. The minimum absolute atomic E-state index is 0. The van der Waals surface area contributed by atoms with Gasteiger partial charge in [-0.25, -0.2) is 0 Å². The van der Waals surface area contributed by atoms with E-state index in [1.165, 1.54) is 6.07 Å². The predicted octanol–water partition coefficient (Wildman–Crippen LogP) is 8.28. The molecular weight excluding hydrogens is 576 g/mol. The van der Waals surface area contributed by atoms with Crippen LogP contribution in [-0.2, 0) is 24.1 Å². The van der Waals surface area contributed by atoms with Gasteiger partial charge in [-0.15, -0.1) is 12.4 Å². The Hall–Kier alpha value is -3.20. The van der Waals surface area contributed by atoms with Crippen molar-refractivity contribution in [2.45, 2.75) is 51.6 Å². The van der Waals surface area contributed by atoms with Gasteiger partial charge >= 0.3 is 12.1 Å². The smallest absolute Gasteiger partial charge is 0.417 e. The molecule has 2 atom stereocenters. The van der Waals surface area contributed by atoms with Crippen LogP contribution in [0.5, 0.6) is 5.75 Å². The minimum atomic E-state index is -4.53. The van der Waals surface area contributed by atoms with E-state index in [4.69, 9.17) is 16.3 Å². The van der Waals surface area contributed by atoms with Crippen molar-refractivity contribution >= 4 is 40.9 Å². The molecule has 4 rings (SSSR count). The second-order valence-electron chi connectivity index (χ2n) is 10.1. The van der Waals surface area contributed by atoms with Crippen molar-refractivity contribution < 1.29 is 27.8 Å². The normalized spacial score (nSPS) is 13.1. The van der Waals surface area contributed by atoms with Crippen molar-refractivity contribution in [1.29, 1.82) is 0 Å². The van der Waals surface area contributed by atoms with E-state index in [1.807, 2.05) is 61.5 Å². The average Bonchev–Trinajstić information content (AvgIpc) is 3.31. The molecule has 3 aromatic carbocycles. The molecule has 0 amide bonds. The van der Waals surface area contributed by atoms with Crippen LogP contribution in [-0.4, -0.2) is 39.7 Å². The van der Waals surface area contributed by atoms with Crippen molar-refractivity contribution in [3.8, 4) is 5.75 Å². The number of carboxylic acids is 1. The Morgan fingerprint density at radius 2 is 1.73 bits per heavy atom. The minimum Gasteiger partial charge on any atom is -0.490 e. The number of benzene rings is 3. The summed E-state index contributed by atoms with van der Waals surface area (Å²) in [7, 11) is 0. The molecule has 220 valence electrons. The fourth-order valence-electron chi connectivity index (χ4n) is 4.89. The lowest BCUT2D eigenvalue weighted by Crippen LogP contribution is -2.31. The van der Waals surface area contributed by atoms with Gasteiger partial charge in [0.2, 0.25) is 0 Å². The van der Waals surface area contributed by atoms with Crippen LogP contribution in [0, 0.1) is 0 Å². The first kappa shape index (κ1) is 32.3. The lowest BCUT2D eigenvalue weighted by molar-refractivity contribution is -0.138. The molecule has 41 heavy (non-hydrogen) atoms. The van der Waals surface area contributed by atoms with Crippen LogP contribution in [0.25, 0.3) is 10.9 Å². The summed E-state index contributed by atoms with van der Waals surface area (Å²) in [6.45, 7) is 5.36. The van der Waals surface area contributed by atoms with Gasteiger partial charge < -0.3 is 14.4 Å². The number of alkyl halides is 3. The molecule has 1 N–H and O–H groups in total. The van der Waals surface area contributed by atoms with Gasteiger partial charge in [0.1, 0.15) is 12.3 Å². The third-order valence-electron chi connectivity index (χ3n) is 6.94. The monoisotopic (exact) mass is 608 g/mol. The number of hydrogen-bond acceptors (Lipinski definition) is 3. The average molecular weight is 610 g/mol. The fraction of sp³-hybridized carbons (Fsp3) is 0.323. The number of fused-ring (bicyclic) bond motifs is 1. The Kier molecular flexibility index (Phi) is 11.1. The lowest BCUT2D eigenvalue weighted by Gasteiger charge is -2.28. The molecule has 0 saturated heterocycles. The van der Waals surface area contributed by atoms with E-state index in [9.17, 15) is 23.1 Å². The van der Waals surface area contributed by atoms with Crippen molar-refractivity contribution in [3.63, 3.8) is 0 Å². The Labute approximate surface area is 248 Å². The van der Waals surface area contributed by atoms with Gasteiger partial charge in [-0.1, -0.05) is 67.1 Å². The highest BCUT2D eigenvalue weighted by atomic mass is 35.5. The summed E-state index contributed by atoms with van der Waals surface area (Å²) in [5.41, 5.74) is 1.51. The molecule has 0 aliphatic heterocycles. The van der Waals surface area contributed by atoms with E-state index in [-0.39, 0.29) is 42.5 Å². The Balaban J connectivity index is 0.00000462. The van der Waals surface area contributed by atoms with Crippen molar-refractivity contribution in [2.24, 2.45) is 0 Å². The molecule has 5 nitrogen and oxygen atoms in total. The Bertz CT molecular complexity index is 1440. The highest BCUT2D eigenvalue weighted by Crippen LogP contribution is 2.37. The first-order chi connectivity index (χ1) is 19.0. The van der Waals surface area contributed by atoms with Crippen LogP contribution in [0.4, 0.5) is 13.2 Å². The molecule has 1 heterocycles. The first-order valence-electron chi connectivity index (χ1n) is 13.1. The van der Waals surface area contributed by atoms with Gasteiger partial charge in [-0.2, -0.15) is 13.2 Å². The molecule has 0 spiro atoms. The van der Waals surface area contributed by atoms with Crippen LogP contribution in [0.1, 0.15) is 42.9 Å². The maximum atomic E-state index is 13.5. The maximum absolute atomic E-state index is 13.5. The second kappa shape index (κ2) is 14.1. The molecule has 0 saturated carbocycles. The van der Waals surface area contributed by atoms with E-state index in [0.717, 1.165) is 22.5 Å². The summed E-state index contributed by atoms with van der Waals surface area (Å²) in [5.74, 6) is -0.133. The van der Waals surface area contributed by atoms with Crippen molar-refractivity contribution in [1.82, 2.24) is 9.47 Å². The van der Waals surface area contributed by atoms with Crippen LogP contribution in [0.3, 0.4) is 0 Å². The summed E-state index contributed by atoms with van der Waals surface area (Å²) in [6.07, 6.45) is -2.39. The molecule has 0 aliphatic carbocycles. The maximum Gasteiger partial charge on any atom is 0.417 e. The largest absolute Gasteiger partial charge is 0.490 e. The number of aromatic nitrogens is 1. The van der Waals surface area contributed by atoms with E-state index in [0.29, 0.717) is 30.8 Å². The third kappa shape index (κ3) is 8.41. The molecule has 10 heteroatoms. The lowest BCUT2D eigenvalue weighted by atomic mass is 10.00. The fourth-order valence-corrected chi connectivity index (χ4v) is 5.19. The van der Waals surface area contributed by atoms with E-state index < -0.39 is 17.7 Å². The van der Waals surface area contributed by atoms with Gasteiger partial charge in [0.25, 0.3) is 0 Å². The number of hydrogen-bond donors (Lipinski definition) is 1. The van der Waals surface area contributed by atoms with Gasteiger partial charge in [0.15, 0.2) is 0 Å². The van der Waals surface area contributed by atoms with Crippen LogP contribution >= 0.6 is 24.0 Å². The first-order valence-corrected chi connectivity index (χ1v) is 13.5. The topological polar surface area (TPSA) is 54.7 Å². The highest BCUT2D eigenvalue weighted by molar-refractivity contribution is 6.32. The van der Waals surface area contributed by atoms with E-state index in [2.05, 4.69) is 11.8 Å². The van der Waals surface area contributed by atoms with Gasteiger partial charge in [-0.05, 0) is 54.7 Å². The zero-order chi connectivity index (χ0) is 28.9. The SMILES string of the molecule is CC(CCN(Cc1cccc(C(F)(F)F)c1Cl)CC(C)c1ccccc1)Oc1cccc2c1ccn2CC(=O)O.Cl. The number of rotatable bonds is 12. The molecule has 0 radical (unpaired) electrons. The number of ether oxygens (including phenoxy) is 1. The molecule has 4 aromatic rings. The van der Waals surface area contributed by atoms with Gasteiger partial charge in [0, 0.05) is 31.2 Å². The van der Waals surface area contributed by atoms with Gasteiger partial charge in [0.05, 0.1) is 22.2 Å². The highest BCUT2D eigenvalue weighted by Gasteiger charge is 2.34. The van der Waals surface area contributed by atoms with Gasteiger partial charge in [-0.3, -0.25) is 9.69 Å². The number of halogens is 5.